The van der Waals surface area contributed by atoms with Gasteiger partial charge < -0.3 is 10.3 Å². The van der Waals surface area contributed by atoms with Crippen molar-refractivity contribution in [2.45, 2.75) is 13.0 Å². The lowest BCUT2D eigenvalue weighted by atomic mass is 10.1. The first-order chi connectivity index (χ1) is 13.7. The van der Waals surface area contributed by atoms with Crippen LogP contribution in [-0.2, 0) is 0 Å². The molecule has 0 saturated heterocycles. The van der Waals surface area contributed by atoms with E-state index < -0.39 is 0 Å². The highest BCUT2D eigenvalue weighted by atomic mass is 19.1. The zero-order valence-corrected chi connectivity index (χ0v) is 14.8. The molecule has 0 amide bonds. The molecule has 1 aromatic carbocycles. The van der Waals surface area contributed by atoms with E-state index in [1.54, 1.807) is 23.3 Å². The number of anilines is 1. The molecule has 4 aromatic heterocycles. The first kappa shape index (κ1) is 16.3. The number of rotatable bonds is 4. The topological polar surface area (TPSA) is 97.2 Å². The molecule has 0 unspecified atom stereocenters. The highest BCUT2D eigenvalue weighted by Crippen LogP contribution is 2.29. The van der Waals surface area contributed by atoms with Crippen LogP contribution in [-0.4, -0.2) is 34.7 Å². The van der Waals surface area contributed by atoms with Gasteiger partial charge >= 0.3 is 0 Å². The zero-order chi connectivity index (χ0) is 19.1. The quantitative estimate of drug-likeness (QED) is 0.500. The number of nitrogens with zero attached hydrogens (tertiary/aromatic N) is 6. The molecule has 8 nitrogen and oxygen atoms in total. The summed E-state index contributed by atoms with van der Waals surface area (Å²) in [7, 11) is 0. The van der Waals surface area contributed by atoms with Crippen LogP contribution in [0.15, 0.2) is 55.2 Å². The van der Waals surface area contributed by atoms with Crippen LogP contribution >= 0.6 is 0 Å². The van der Waals surface area contributed by atoms with E-state index in [1.165, 1.54) is 18.5 Å². The highest BCUT2D eigenvalue weighted by molar-refractivity contribution is 5.85. The average Bonchev–Trinajstić information content (AvgIpc) is 3.33. The van der Waals surface area contributed by atoms with Crippen LogP contribution in [0.2, 0.25) is 0 Å². The van der Waals surface area contributed by atoms with Crippen molar-refractivity contribution in [3.05, 3.63) is 66.8 Å². The predicted molar refractivity (Wildman–Crippen MR) is 103 cm³/mol. The molecule has 0 fully saturated rings. The third kappa shape index (κ3) is 2.64. The van der Waals surface area contributed by atoms with E-state index >= 15 is 0 Å². The van der Waals surface area contributed by atoms with Crippen molar-refractivity contribution in [2.75, 3.05) is 5.32 Å². The number of halogens is 1. The number of hydrogen-bond acceptors (Lipinski definition) is 6. The summed E-state index contributed by atoms with van der Waals surface area (Å²) in [5.74, 6) is 0.916. The van der Waals surface area contributed by atoms with E-state index in [4.69, 9.17) is 5.10 Å². The molecule has 0 bridgehead atoms. The molecule has 0 radical (unpaired) electrons. The molecule has 2 N–H and O–H groups in total. The first-order valence-electron chi connectivity index (χ1n) is 8.71. The van der Waals surface area contributed by atoms with Crippen molar-refractivity contribution in [2.24, 2.45) is 0 Å². The van der Waals surface area contributed by atoms with Crippen LogP contribution in [0.3, 0.4) is 0 Å². The van der Waals surface area contributed by atoms with E-state index in [0.29, 0.717) is 28.3 Å². The molecule has 0 saturated carbocycles. The van der Waals surface area contributed by atoms with Gasteiger partial charge in [0, 0.05) is 17.6 Å². The lowest BCUT2D eigenvalue weighted by Gasteiger charge is -2.13. The Kier molecular flexibility index (Phi) is 3.71. The molecule has 28 heavy (non-hydrogen) atoms. The van der Waals surface area contributed by atoms with E-state index in [-0.39, 0.29) is 11.9 Å². The minimum atomic E-state index is -0.327. The molecule has 5 rings (SSSR count). The fourth-order valence-electron chi connectivity index (χ4n) is 3.23. The van der Waals surface area contributed by atoms with Gasteiger partial charge in [-0.05, 0) is 31.2 Å². The number of benzene rings is 1. The minimum absolute atomic E-state index is 0.209. The molecule has 1 atom stereocenters. The average molecular weight is 374 g/mol. The number of pyridine rings is 1. The monoisotopic (exact) mass is 374 g/mol. The summed E-state index contributed by atoms with van der Waals surface area (Å²) in [4.78, 5) is 20.0. The number of aromatic amines is 1. The maximum Gasteiger partial charge on any atom is 0.182 e. The molecular weight excluding hydrogens is 359 g/mol. The minimum Gasteiger partial charge on any atom is -0.360 e. The number of fused-ring (bicyclic) bond motifs is 2. The van der Waals surface area contributed by atoms with E-state index in [9.17, 15) is 4.39 Å². The summed E-state index contributed by atoms with van der Waals surface area (Å²) in [6.07, 6.45) is 4.71. The Morgan fingerprint density at radius 1 is 1.11 bits per heavy atom. The van der Waals surface area contributed by atoms with Gasteiger partial charge in [-0.2, -0.15) is 5.10 Å². The SMILES string of the molecule is C[C@H](Nc1ncnc2nc[nH]c12)c1nn(-c2ccccn2)c2cc(F)ccc12. The molecule has 138 valence electrons. The van der Waals surface area contributed by atoms with Gasteiger partial charge in [-0.15, -0.1) is 0 Å². The standard InChI is InChI=1S/C19H15FN8/c1-11(26-19-17-18(23-9-22-17)24-10-25-19)16-13-6-5-12(20)8-14(13)28(27-16)15-4-2-3-7-21-15/h2-11H,1H3,(H2,22,23,24,25,26)/t11-/m0/s1. The number of aromatic nitrogens is 7. The molecule has 0 aliphatic heterocycles. The normalized spacial score (nSPS) is 12.5. The van der Waals surface area contributed by atoms with Crippen molar-refractivity contribution >= 4 is 27.9 Å². The molecule has 0 spiro atoms. The van der Waals surface area contributed by atoms with Crippen LogP contribution in [0, 0.1) is 5.82 Å². The molecule has 5 aromatic rings. The molecule has 4 heterocycles. The highest BCUT2D eigenvalue weighted by Gasteiger charge is 2.19. The first-order valence-corrected chi connectivity index (χ1v) is 8.71. The Morgan fingerprint density at radius 2 is 2.04 bits per heavy atom. The Hall–Kier alpha value is -3.88. The zero-order valence-electron chi connectivity index (χ0n) is 14.8. The smallest absolute Gasteiger partial charge is 0.182 e. The second-order valence-electron chi connectivity index (χ2n) is 6.34. The summed E-state index contributed by atoms with van der Waals surface area (Å²) in [6, 6.07) is 9.94. The summed E-state index contributed by atoms with van der Waals surface area (Å²) >= 11 is 0. The fraction of sp³-hybridized carbons (Fsp3) is 0.105. The van der Waals surface area contributed by atoms with Gasteiger partial charge in [0.1, 0.15) is 17.7 Å². The predicted octanol–water partition coefficient (Wildman–Crippen LogP) is 3.40. The number of imidazole rings is 1. The Bertz CT molecular complexity index is 1280. The van der Waals surface area contributed by atoms with Gasteiger partial charge in [0.25, 0.3) is 0 Å². The van der Waals surface area contributed by atoms with Crippen LogP contribution in [0.4, 0.5) is 10.2 Å². The summed E-state index contributed by atoms with van der Waals surface area (Å²) in [6.45, 7) is 1.97. The van der Waals surface area contributed by atoms with Gasteiger partial charge in [-0.3, -0.25) is 0 Å². The van der Waals surface area contributed by atoms with E-state index in [0.717, 1.165) is 11.1 Å². The third-order valence-corrected chi connectivity index (χ3v) is 4.52. The number of nitrogens with one attached hydrogen (secondary N) is 2. The third-order valence-electron chi connectivity index (χ3n) is 4.52. The molecule has 0 aliphatic carbocycles. The van der Waals surface area contributed by atoms with Crippen molar-refractivity contribution in [3.8, 4) is 5.82 Å². The van der Waals surface area contributed by atoms with Gasteiger partial charge in [-0.25, -0.2) is 29.0 Å². The lowest BCUT2D eigenvalue weighted by molar-refractivity contribution is 0.629. The second-order valence-corrected chi connectivity index (χ2v) is 6.34. The van der Waals surface area contributed by atoms with Gasteiger partial charge in [0.15, 0.2) is 17.3 Å². The Morgan fingerprint density at radius 3 is 2.89 bits per heavy atom. The van der Waals surface area contributed by atoms with Gasteiger partial charge in [0.05, 0.1) is 23.6 Å². The second kappa shape index (κ2) is 6.38. The molecule has 0 aliphatic rings. The van der Waals surface area contributed by atoms with E-state index in [2.05, 4.69) is 30.2 Å². The maximum atomic E-state index is 13.9. The van der Waals surface area contributed by atoms with E-state index in [1.807, 2.05) is 25.1 Å². The Labute approximate surface area is 158 Å². The van der Waals surface area contributed by atoms with Crippen LogP contribution < -0.4 is 5.32 Å². The van der Waals surface area contributed by atoms with Crippen LogP contribution in [0.25, 0.3) is 27.9 Å². The van der Waals surface area contributed by atoms with Crippen molar-refractivity contribution in [1.29, 1.82) is 0 Å². The van der Waals surface area contributed by atoms with Crippen LogP contribution in [0.1, 0.15) is 18.7 Å². The van der Waals surface area contributed by atoms with Crippen LogP contribution in [0.5, 0.6) is 0 Å². The van der Waals surface area contributed by atoms with Crippen molar-refractivity contribution in [1.82, 2.24) is 34.7 Å². The van der Waals surface area contributed by atoms with Gasteiger partial charge in [0.2, 0.25) is 0 Å². The number of hydrogen-bond donors (Lipinski definition) is 2. The fourth-order valence-corrected chi connectivity index (χ4v) is 3.23. The lowest BCUT2D eigenvalue weighted by Crippen LogP contribution is -2.10. The van der Waals surface area contributed by atoms with Crippen molar-refractivity contribution < 1.29 is 4.39 Å². The summed E-state index contributed by atoms with van der Waals surface area (Å²) in [5, 5.41) is 8.90. The molecular formula is C19H15FN8. The summed E-state index contributed by atoms with van der Waals surface area (Å²) in [5.41, 5.74) is 2.70. The molecule has 9 heteroatoms. The van der Waals surface area contributed by atoms with Gasteiger partial charge in [-0.1, -0.05) is 6.07 Å². The Balaban J connectivity index is 1.61. The largest absolute Gasteiger partial charge is 0.360 e. The number of H-pyrrole nitrogens is 1. The van der Waals surface area contributed by atoms with Crippen molar-refractivity contribution in [3.63, 3.8) is 0 Å². The summed E-state index contributed by atoms with van der Waals surface area (Å²) < 4.78 is 15.6. The maximum absolute atomic E-state index is 13.9.